The molecule has 2 aromatic rings. The molecule has 0 saturated carbocycles. The smallest absolute Gasteiger partial charge is 0.312 e. The van der Waals surface area contributed by atoms with Crippen LogP contribution in [0.5, 0.6) is 0 Å². The molecule has 1 aromatic heterocycles. The lowest BCUT2D eigenvalue weighted by atomic mass is 9.74. The molecule has 4 nitrogen and oxygen atoms in total. The third-order valence-electron chi connectivity index (χ3n) is 4.67. The third kappa shape index (κ3) is 2.77. The number of carboxylic acids is 1. The van der Waals surface area contributed by atoms with Crippen molar-refractivity contribution < 1.29 is 18.7 Å². The first kappa shape index (κ1) is 16.5. The van der Waals surface area contributed by atoms with Crippen molar-refractivity contribution in [3.63, 3.8) is 0 Å². The lowest BCUT2D eigenvalue weighted by Crippen LogP contribution is -2.25. The van der Waals surface area contributed by atoms with E-state index >= 15 is 0 Å². The Bertz CT molecular complexity index is 772. The van der Waals surface area contributed by atoms with Gasteiger partial charge in [-0.25, -0.2) is 8.78 Å². The summed E-state index contributed by atoms with van der Waals surface area (Å²) in [5, 5.41) is 17.4. The molecule has 0 fully saturated rings. The molecular formula is C18H18F2N2O2. The highest BCUT2D eigenvalue weighted by atomic mass is 19.1. The number of benzene rings is 1. The number of fused-ring (bicyclic) bond motifs is 1. The van der Waals surface area contributed by atoms with Gasteiger partial charge in [0, 0.05) is 0 Å². The van der Waals surface area contributed by atoms with E-state index in [9.17, 15) is 18.7 Å². The average Bonchev–Trinajstić information content (AvgIpc) is 2.53. The zero-order chi connectivity index (χ0) is 17.4. The molecule has 1 unspecified atom stereocenters. The van der Waals surface area contributed by atoms with Crippen LogP contribution in [-0.4, -0.2) is 21.3 Å². The van der Waals surface area contributed by atoms with Gasteiger partial charge in [0.1, 0.15) is 17.6 Å². The van der Waals surface area contributed by atoms with Crippen molar-refractivity contribution in [1.82, 2.24) is 10.2 Å². The van der Waals surface area contributed by atoms with Crippen LogP contribution in [0.3, 0.4) is 0 Å². The molecule has 1 aliphatic rings. The van der Waals surface area contributed by atoms with E-state index in [0.29, 0.717) is 18.5 Å². The molecule has 126 valence electrons. The fourth-order valence-electron chi connectivity index (χ4n) is 3.42. The van der Waals surface area contributed by atoms with Crippen LogP contribution in [0.25, 0.3) is 11.3 Å². The van der Waals surface area contributed by atoms with E-state index in [2.05, 4.69) is 10.2 Å². The van der Waals surface area contributed by atoms with E-state index in [1.54, 1.807) is 6.07 Å². The van der Waals surface area contributed by atoms with Gasteiger partial charge in [-0.2, -0.15) is 5.10 Å². The van der Waals surface area contributed by atoms with E-state index in [4.69, 9.17) is 0 Å². The number of carboxylic acid groups (broad SMARTS) is 1. The van der Waals surface area contributed by atoms with Crippen LogP contribution in [0.15, 0.2) is 24.3 Å². The van der Waals surface area contributed by atoms with Crippen molar-refractivity contribution in [3.8, 4) is 11.3 Å². The molecule has 0 spiro atoms. The van der Waals surface area contributed by atoms with Gasteiger partial charge >= 0.3 is 5.97 Å². The van der Waals surface area contributed by atoms with Crippen molar-refractivity contribution in [3.05, 3.63) is 47.2 Å². The maximum absolute atomic E-state index is 14.0. The summed E-state index contributed by atoms with van der Waals surface area (Å²) >= 11 is 0. The standard InChI is InChI=1S/C18H18F2N2O2/c1-9(2)10-6-7-11(18(23)24)17-12(10)8-15(21-22-17)16-13(19)4-3-5-14(16)20/h3-5,8-11H,6-7H2,1-2H3,(H,23,24)/t10-,11?/m1/s1. The largest absolute Gasteiger partial charge is 0.481 e. The summed E-state index contributed by atoms with van der Waals surface area (Å²) < 4.78 is 28.1. The van der Waals surface area contributed by atoms with E-state index in [1.165, 1.54) is 18.2 Å². The molecule has 1 N–H and O–H groups in total. The number of nitrogens with zero attached hydrogens (tertiary/aromatic N) is 2. The van der Waals surface area contributed by atoms with E-state index in [1.807, 2.05) is 13.8 Å². The van der Waals surface area contributed by atoms with Gasteiger partial charge < -0.3 is 5.11 Å². The van der Waals surface area contributed by atoms with Gasteiger partial charge in [-0.05, 0) is 48.4 Å². The molecule has 1 aliphatic carbocycles. The van der Waals surface area contributed by atoms with Crippen LogP contribution in [0.4, 0.5) is 8.78 Å². The number of halogens is 2. The highest BCUT2D eigenvalue weighted by Crippen LogP contribution is 2.42. The van der Waals surface area contributed by atoms with Crippen LogP contribution < -0.4 is 0 Å². The number of carbonyl (C=O) groups is 1. The molecule has 2 atom stereocenters. The fourth-order valence-corrected chi connectivity index (χ4v) is 3.42. The molecule has 0 aliphatic heterocycles. The van der Waals surface area contributed by atoms with E-state index in [0.717, 1.165) is 5.56 Å². The Morgan fingerprint density at radius 3 is 2.46 bits per heavy atom. The predicted octanol–water partition coefficient (Wildman–Crippen LogP) is 4.12. The lowest BCUT2D eigenvalue weighted by Gasteiger charge is -2.31. The summed E-state index contributed by atoms with van der Waals surface area (Å²) in [6.07, 6.45) is 1.19. The zero-order valence-corrected chi connectivity index (χ0v) is 13.5. The summed E-state index contributed by atoms with van der Waals surface area (Å²) in [4.78, 5) is 11.5. The molecular weight excluding hydrogens is 314 g/mol. The fraction of sp³-hybridized carbons (Fsp3) is 0.389. The van der Waals surface area contributed by atoms with E-state index < -0.39 is 23.5 Å². The molecule has 0 bridgehead atoms. The monoisotopic (exact) mass is 332 g/mol. The van der Waals surface area contributed by atoms with Gasteiger partial charge in [0.15, 0.2) is 0 Å². The molecule has 6 heteroatoms. The second kappa shape index (κ2) is 6.26. The van der Waals surface area contributed by atoms with Gasteiger partial charge in [-0.15, -0.1) is 5.10 Å². The van der Waals surface area contributed by atoms with Crippen LogP contribution in [0, 0.1) is 17.6 Å². The zero-order valence-electron chi connectivity index (χ0n) is 13.5. The number of hydrogen-bond donors (Lipinski definition) is 1. The number of aromatic nitrogens is 2. The molecule has 3 rings (SSSR count). The van der Waals surface area contributed by atoms with Crippen LogP contribution in [0.1, 0.15) is 49.8 Å². The van der Waals surface area contributed by atoms with Crippen molar-refractivity contribution in [2.45, 2.75) is 38.5 Å². The highest BCUT2D eigenvalue weighted by molar-refractivity contribution is 5.77. The first-order valence-corrected chi connectivity index (χ1v) is 7.94. The normalized spacial score (nSPS) is 20.0. The minimum absolute atomic E-state index is 0.0969. The first-order chi connectivity index (χ1) is 11.4. The Morgan fingerprint density at radius 1 is 1.21 bits per heavy atom. The Balaban J connectivity index is 2.17. The van der Waals surface area contributed by atoms with Crippen molar-refractivity contribution in [1.29, 1.82) is 0 Å². The van der Waals surface area contributed by atoms with Crippen molar-refractivity contribution >= 4 is 5.97 Å². The second-order valence-electron chi connectivity index (χ2n) is 6.49. The predicted molar refractivity (Wildman–Crippen MR) is 84.6 cm³/mol. The molecule has 0 radical (unpaired) electrons. The van der Waals surface area contributed by atoms with E-state index in [-0.39, 0.29) is 23.1 Å². The topological polar surface area (TPSA) is 63.1 Å². The summed E-state index contributed by atoms with van der Waals surface area (Å²) in [6.45, 7) is 4.08. The van der Waals surface area contributed by atoms with Crippen molar-refractivity contribution in [2.75, 3.05) is 0 Å². The summed E-state index contributed by atoms with van der Waals surface area (Å²) in [5.41, 5.74) is 1.01. The summed E-state index contributed by atoms with van der Waals surface area (Å²) in [7, 11) is 0. The van der Waals surface area contributed by atoms with Gasteiger partial charge in [0.25, 0.3) is 0 Å². The first-order valence-electron chi connectivity index (χ1n) is 7.94. The summed E-state index contributed by atoms with van der Waals surface area (Å²) in [6, 6.07) is 5.22. The van der Waals surface area contributed by atoms with Crippen molar-refractivity contribution in [2.24, 2.45) is 5.92 Å². The maximum atomic E-state index is 14.0. The molecule has 24 heavy (non-hydrogen) atoms. The lowest BCUT2D eigenvalue weighted by molar-refractivity contribution is -0.139. The minimum atomic E-state index is -0.947. The van der Waals surface area contributed by atoms with Crippen LogP contribution in [-0.2, 0) is 4.79 Å². The quantitative estimate of drug-likeness (QED) is 0.918. The minimum Gasteiger partial charge on any atom is -0.481 e. The second-order valence-corrected chi connectivity index (χ2v) is 6.49. The van der Waals surface area contributed by atoms with Crippen LogP contribution in [0.2, 0.25) is 0 Å². The Hall–Kier alpha value is -2.37. The molecule has 1 aromatic carbocycles. The maximum Gasteiger partial charge on any atom is 0.312 e. The SMILES string of the molecule is CC(C)[C@H]1CCC(C(=O)O)c2nnc(-c3c(F)cccc3F)cc21. The molecule has 0 saturated heterocycles. The Labute approximate surface area is 138 Å². The number of rotatable bonds is 3. The molecule has 0 amide bonds. The van der Waals surface area contributed by atoms with Gasteiger partial charge in [0.05, 0.1) is 17.0 Å². The average molecular weight is 332 g/mol. The van der Waals surface area contributed by atoms with Gasteiger partial charge in [-0.3, -0.25) is 4.79 Å². The van der Waals surface area contributed by atoms with Gasteiger partial charge in [-0.1, -0.05) is 19.9 Å². The number of aliphatic carboxylic acids is 1. The van der Waals surface area contributed by atoms with Gasteiger partial charge in [0.2, 0.25) is 0 Å². The third-order valence-corrected chi connectivity index (χ3v) is 4.67. The highest BCUT2D eigenvalue weighted by Gasteiger charge is 2.35. The number of hydrogen-bond acceptors (Lipinski definition) is 3. The van der Waals surface area contributed by atoms with Crippen LogP contribution >= 0.6 is 0 Å². The Kier molecular flexibility index (Phi) is 4.30. The Morgan fingerprint density at radius 2 is 1.88 bits per heavy atom. The molecule has 1 heterocycles. The summed E-state index contributed by atoms with van der Waals surface area (Å²) in [5.74, 6) is -2.73.